The van der Waals surface area contributed by atoms with Gasteiger partial charge in [0.25, 0.3) is 17.7 Å². The van der Waals surface area contributed by atoms with E-state index < -0.39 is 11.8 Å². The summed E-state index contributed by atoms with van der Waals surface area (Å²) in [7, 11) is 1.61. The molecule has 0 spiro atoms. The van der Waals surface area contributed by atoms with Crippen LogP contribution in [0.3, 0.4) is 0 Å². The third-order valence-corrected chi connectivity index (χ3v) is 5.18. The molecule has 0 saturated heterocycles. The van der Waals surface area contributed by atoms with Crippen molar-refractivity contribution < 1.29 is 23.5 Å². The van der Waals surface area contributed by atoms with Crippen molar-refractivity contribution in [1.82, 2.24) is 10.2 Å². The molecule has 3 aromatic rings. The number of benzene rings is 2. The van der Waals surface area contributed by atoms with E-state index in [0.717, 1.165) is 16.2 Å². The fraction of sp³-hybridized carbons (Fsp3) is 0.208. The number of amides is 3. The standard InChI is InChI=1S/C24H22N2O5/c1-15(11-16-5-3-6-18(12-16)30-2)25-22(27)17-8-9-20-21(13-17)24(29)26(23(20)28)14-19-7-4-10-31-19/h3-10,12-13,15H,11,14H2,1-2H3,(H,25,27). The number of fused-ring (bicyclic) bond motifs is 1. The predicted octanol–water partition coefficient (Wildman–Crippen LogP) is 3.45. The smallest absolute Gasteiger partial charge is 0.261 e. The highest BCUT2D eigenvalue weighted by Crippen LogP contribution is 2.26. The van der Waals surface area contributed by atoms with Gasteiger partial charge in [-0.15, -0.1) is 0 Å². The Morgan fingerprint density at radius 1 is 1.06 bits per heavy atom. The summed E-state index contributed by atoms with van der Waals surface area (Å²) in [5, 5.41) is 2.94. The minimum Gasteiger partial charge on any atom is -0.497 e. The molecule has 1 N–H and O–H groups in total. The zero-order valence-electron chi connectivity index (χ0n) is 17.3. The molecule has 7 heteroatoms. The van der Waals surface area contributed by atoms with Crippen molar-refractivity contribution in [1.29, 1.82) is 0 Å². The highest BCUT2D eigenvalue weighted by molar-refractivity contribution is 6.22. The minimum absolute atomic E-state index is 0.0540. The number of ether oxygens (including phenoxy) is 1. The van der Waals surface area contributed by atoms with Crippen LogP contribution in [0.5, 0.6) is 5.75 Å². The number of hydrogen-bond acceptors (Lipinski definition) is 5. The van der Waals surface area contributed by atoms with Crippen LogP contribution in [0.25, 0.3) is 0 Å². The fourth-order valence-electron chi connectivity index (χ4n) is 3.65. The van der Waals surface area contributed by atoms with Crippen molar-refractivity contribution >= 4 is 17.7 Å². The van der Waals surface area contributed by atoms with Gasteiger partial charge in [-0.25, -0.2) is 0 Å². The molecule has 4 rings (SSSR count). The van der Waals surface area contributed by atoms with E-state index in [4.69, 9.17) is 9.15 Å². The van der Waals surface area contributed by atoms with Gasteiger partial charge in [0.15, 0.2) is 0 Å². The van der Waals surface area contributed by atoms with Crippen LogP contribution in [0, 0.1) is 0 Å². The van der Waals surface area contributed by atoms with Gasteiger partial charge >= 0.3 is 0 Å². The van der Waals surface area contributed by atoms with E-state index in [9.17, 15) is 14.4 Å². The maximum absolute atomic E-state index is 12.8. The molecule has 1 aliphatic rings. The quantitative estimate of drug-likeness (QED) is 0.594. The second-order valence-electron chi connectivity index (χ2n) is 7.47. The molecule has 3 amide bonds. The van der Waals surface area contributed by atoms with Crippen LogP contribution in [0.4, 0.5) is 0 Å². The topological polar surface area (TPSA) is 88.8 Å². The maximum Gasteiger partial charge on any atom is 0.261 e. The van der Waals surface area contributed by atoms with Crippen LogP contribution in [0.1, 0.15) is 49.3 Å². The number of carbonyl (C=O) groups is 3. The largest absolute Gasteiger partial charge is 0.497 e. The molecule has 1 aliphatic heterocycles. The molecule has 1 aromatic heterocycles. The number of carbonyl (C=O) groups excluding carboxylic acids is 3. The van der Waals surface area contributed by atoms with Gasteiger partial charge in [0.1, 0.15) is 11.5 Å². The van der Waals surface area contributed by atoms with Crippen molar-refractivity contribution in [3.63, 3.8) is 0 Å². The number of hydrogen-bond donors (Lipinski definition) is 1. The Hall–Kier alpha value is -3.87. The van der Waals surface area contributed by atoms with Crippen LogP contribution in [0.15, 0.2) is 65.3 Å². The zero-order valence-corrected chi connectivity index (χ0v) is 17.3. The van der Waals surface area contributed by atoms with Crippen molar-refractivity contribution in [2.75, 3.05) is 7.11 Å². The van der Waals surface area contributed by atoms with Crippen molar-refractivity contribution in [3.8, 4) is 5.75 Å². The van der Waals surface area contributed by atoms with E-state index in [2.05, 4.69) is 5.32 Å². The molecule has 0 fully saturated rings. The molecule has 0 saturated carbocycles. The summed E-state index contributed by atoms with van der Waals surface area (Å²) in [6.07, 6.45) is 2.12. The molecule has 0 aliphatic carbocycles. The third-order valence-electron chi connectivity index (χ3n) is 5.18. The summed E-state index contributed by atoms with van der Waals surface area (Å²) in [6, 6.07) is 15.5. The summed E-state index contributed by atoms with van der Waals surface area (Å²) in [5.74, 6) is 0.143. The van der Waals surface area contributed by atoms with E-state index in [0.29, 0.717) is 17.7 Å². The Morgan fingerprint density at radius 2 is 1.87 bits per heavy atom. The van der Waals surface area contributed by atoms with Gasteiger partial charge in [0, 0.05) is 11.6 Å². The molecular formula is C24H22N2O5. The number of nitrogens with zero attached hydrogens (tertiary/aromatic N) is 1. The van der Waals surface area contributed by atoms with Crippen LogP contribution in [-0.2, 0) is 13.0 Å². The van der Waals surface area contributed by atoms with Crippen LogP contribution < -0.4 is 10.1 Å². The molecule has 1 atom stereocenters. The van der Waals surface area contributed by atoms with E-state index in [1.807, 2.05) is 31.2 Å². The Balaban J connectivity index is 1.45. The zero-order chi connectivity index (χ0) is 22.0. The molecule has 0 radical (unpaired) electrons. The first-order chi connectivity index (χ1) is 15.0. The number of rotatable bonds is 7. The van der Waals surface area contributed by atoms with E-state index in [-0.39, 0.29) is 29.6 Å². The fourth-order valence-corrected chi connectivity index (χ4v) is 3.65. The van der Waals surface area contributed by atoms with E-state index in [1.54, 1.807) is 25.3 Å². The predicted molar refractivity (Wildman–Crippen MR) is 113 cm³/mol. The molecule has 7 nitrogen and oxygen atoms in total. The Morgan fingerprint density at radius 3 is 2.61 bits per heavy atom. The number of methoxy groups -OCH3 is 1. The third kappa shape index (κ3) is 4.21. The first-order valence-electron chi connectivity index (χ1n) is 9.92. The molecule has 2 aromatic carbocycles. The second-order valence-corrected chi connectivity index (χ2v) is 7.47. The molecule has 0 bridgehead atoms. The Kier molecular flexibility index (Phi) is 5.58. The molecule has 1 unspecified atom stereocenters. The SMILES string of the molecule is COc1cccc(CC(C)NC(=O)c2ccc3c(c2)C(=O)N(Cc2ccco2)C3=O)c1. The lowest BCUT2D eigenvalue weighted by Gasteiger charge is -2.15. The second kappa shape index (κ2) is 8.47. The van der Waals surface area contributed by atoms with Gasteiger partial charge in [-0.1, -0.05) is 12.1 Å². The minimum atomic E-state index is -0.435. The van der Waals surface area contributed by atoms with Gasteiger partial charge < -0.3 is 14.5 Å². The molecular weight excluding hydrogens is 396 g/mol. The summed E-state index contributed by atoms with van der Waals surface area (Å²) in [4.78, 5) is 39.2. The summed E-state index contributed by atoms with van der Waals surface area (Å²) < 4.78 is 10.5. The van der Waals surface area contributed by atoms with E-state index in [1.165, 1.54) is 18.4 Å². The van der Waals surface area contributed by atoms with Crippen LogP contribution in [-0.4, -0.2) is 35.8 Å². The van der Waals surface area contributed by atoms with Gasteiger partial charge in [0.05, 0.1) is 31.0 Å². The molecule has 2 heterocycles. The first-order valence-corrected chi connectivity index (χ1v) is 9.92. The number of imide groups is 1. The lowest BCUT2D eigenvalue weighted by molar-refractivity contribution is 0.0631. The van der Waals surface area contributed by atoms with Crippen molar-refractivity contribution in [2.45, 2.75) is 25.9 Å². The maximum atomic E-state index is 12.8. The number of nitrogens with one attached hydrogen (secondary N) is 1. The average molecular weight is 418 g/mol. The van der Waals surface area contributed by atoms with Crippen LogP contribution in [0.2, 0.25) is 0 Å². The molecule has 158 valence electrons. The highest BCUT2D eigenvalue weighted by atomic mass is 16.5. The summed E-state index contributed by atoms with van der Waals surface area (Å²) >= 11 is 0. The first kappa shape index (κ1) is 20.4. The van der Waals surface area contributed by atoms with E-state index >= 15 is 0 Å². The summed E-state index contributed by atoms with van der Waals surface area (Å²) in [5.41, 5.74) is 1.88. The van der Waals surface area contributed by atoms with Gasteiger partial charge in [-0.05, 0) is 61.4 Å². The average Bonchev–Trinajstić information content (AvgIpc) is 3.36. The van der Waals surface area contributed by atoms with Crippen molar-refractivity contribution in [3.05, 3.63) is 88.9 Å². The van der Waals surface area contributed by atoms with Gasteiger partial charge in [-0.3, -0.25) is 19.3 Å². The normalized spacial score (nSPS) is 13.8. The summed E-state index contributed by atoms with van der Waals surface area (Å²) in [6.45, 7) is 1.96. The van der Waals surface area contributed by atoms with Crippen molar-refractivity contribution in [2.24, 2.45) is 0 Å². The van der Waals surface area contributed by atoms with Crippen LogP contribution >= 0.6 is 0 Å². The lowest BCUT2D eigenvalue weighted by atomic mass is 10.0. The Labute approximate surface area is 179 Å². The molecule has 31 heavy (non-hydrogen) atoms. The number of furan rings is 1. The highest BCUT2D eigenvalue weighted by Gasteiger charge is 2.36. The Bertz CT molecular complexity index is 1140. The monoisotopic (exact) mass is 418 g/mol. The van der Waals surface area contributed by atoms with Gasteiger partial charge in [-0.2, -0.15) is 0 Å². The lowest BCUT2D eigenvalue weighted by Crippen LogP contribution is -2.34. The van der Waals surface area contributed by atoms with Gasteiger partial charge in [0.2, 0.25) is 0 Å².